The van der Waals surface area contributed by atoms with Crippen molar-refractivity contribution < 1.29 is 90.7 Å². The van der Waals surface area contributed by atoms with Gasteiger partial charge in [-0.05, 0) is 12.8 Å². The molecule has 56 heavy (non-hydrogen) atoms. The third kappa shape index (κ3) is 15.0. The molecule has 1 aliphatic rings. The van der Waals surface area contributed by atoms with Gasteiger partial charge in [0.05, 0.1) is 19.5 Å². The molecular formula is C26H44N7O19P3S. The van der Waals surface area contributed by atoms with Gasteiger partial charge in [0.1, 0.15) is 36.3 Å². The fourth-order valence-electron chi connectivity index (χ4n) is 4.80. The van der Waals surface area contributed by atoms with Crippen LogP contribution in [0.15, 0.2) is 12.7 Å². The Bertz CT molecular complexity index is 1820. The first-order valence-corrected chi connectivity index (χ1v) is 21.8. The van der Waals surface area contributed by atoms with E-state index < -0.39 is 90.8 Å². The zero-order chi connectivity index (χ0) is 42.1. The lowest BCUT2D eigenvalue weighted by molar-refractivity contribution is -0.137. The summed E-state index contributed by atoms with van der Waals surface area (Å²) in [4.78, 5) is 87.1. The van der Waals surface area contributed by atoms with E-state index in [0.717, 1.165) is 29.0 Å². The highest BCUT2D eigenvalue weighted by atomic mass is 32.2. The molecule has 3 unspecified atom stereocenters. The Labute approximate surface area is 321 Å². The average Bonchev–Trinajstić information content (AvgIpc) is 3.64. The highest BCUT2D eigenvalue weighted by Crippen LogP contribution is 2.61. The number of nitrogens with zero attached hydrogens (tertiary/aromatic N) is 4. The molecule has 318 valence electrons. The molecule has 0 bridgehead atoms. The third-order valence-corrected chi connectivity index (χ3v) is 11.6. The molecule has 0 radical (unpaired) electrons. The van der Waals surface area contributed by atoms with Crippen LogP contribution in [0.1, 0.15) is 45.8 Å². The monoisotopic (exact) mass is 883 g/mol. The number of aliphatic hydroxyl groups excluding tert-OH is 3. The van der Waals surface area contributed by atoms with Gasteiger partial charge in [-0.25, -0.2) is 28.6 Å². The number of hydrogen-bond donors (Lipinski definition) is 11. The number of aliphatic hydroxyl groups is 4. The van der Waals surface area contributed by atoms with Gasteiger partial charge in [0.2, 0.25) is 11.8 Å². The molecule has 2 aromatic heterocycles. The van der Waals surface area contributed by atoms with E-state index in [9.17, 15) is 57.9 Å². The largest absolute Gasteiger partial charge is 0.481 e. The van der Waals surface area contributed by atoms with Gasteiger partial charge < -0.3 is 61.1 Å². The lowest BCUT2D eigenvalue weighted by Gasteiger charge is -2.30. The molecule has 12 N–H and O–H groups in total. The number of imidazole rings is 1. The van der Waals surface area contributed by atoms with Crippen molar-refractivity contribution in [1.82, 2.24) is 30.2 Å². The molecule has 3 heterocycles. The number of fused-ring (bicyclic) bond motifs is 1. The predicted molar refractivity (Wildman–Crippen MR) is 189 cm³/mol. The number of phosphoric acid groups is 3. The molecule has 0 aliphatic carbocycles. The normalized spacial score (nSPS) is 21.8. The van der Waals surface area contributed by atoms with Crippen LogP contribution in [-0.4, -0.2) is 139 Å². The van der Waals surface area contributed by atoms with Crippen LogP contribution >= 0.6 is 35.2 Å². The molecule has 26 nitrogen and oxygen atoms in total. The van der Waals surface area contributed by atoms with Crippen molar-refractivity contribution in [2.24, 2.45) is 5.41 Å². The number of anilines is 1. The molecule has 1 aliphatic heterocycles. The molecule has 3 rings (SSSR count). The van der Waals surface area contributed by atoms with Crippen molar-refractivity contribution in [1.29, 1.82) is 0 Å². The number of nitrogens with two attached hydrogens (primary N) is 1. The number of rotatable bonds is 23. The minimum absolute atomic E-state index is 0.0224. The van der Waals surface area contributed by atoms with E-state index in [1.54, 1.807) is 0 Å². The Morgan fingerprint density at radius 1 is 1.02 bits per heavy atom. The van der Waals surface area contributed by atoms with Gasteiger partial charge in [-0.1, -0.05) is 25.6 Å². The molecular weight excluding hydrogens is 839 g/mol. The zero-order valence-corrected chi connectivity index (χ0v) is 33.2. The van der Waals surface area contributed by atoms with Crippen LogP contribution in [0.5, 0.6) is 0 Å². The SMILES string of the molecule is CC(C)(COP(=O)(O)OP(=O)(O)OC[C@H]1O[C@@H](n2cnc3c(N)ncnc32)[C@H](O)[C@@H]1OP(=O)(O)O)C(O)C(=O)NCCC(=O)NCCSC(=O)CCCC(O)O. The van der Waals surface area contributed by atoms with E-state index >= 15 is 0 Å². The van der Waals surface area contributed by atoms with Gasteiger partial charge in [-0.2, -0.15) is 4.31 Å². The maximum Gasteiger partial charge on any atom is 0.481 e. The number of phosphoric ester groups is 3. The summed E-state index contributed by atoms with van der Waals surface area (Å²) in [7, 11) is -16.4. The van der Waals surface area contributed by atoms with Crippen molar-refractivity contribution in [2.45, 2.75) is 76.5 Å². The van der Waals surface area contributed by atoms with Crippen LogP contribution in [-0.2, 0) is 50.7 Å². The van der Waals surface area contributed by atoms with Gasteiger partial charge in [0, 0.05) is 37.1 Å². The first-order valence-electron chi connectivity index (χ1n) is 16.3. The van der Waals surface area contributed by atoms with E-state index in [0.29, 0.717) is 6.42 Å². The minimum Gasteiger partial charge on any atom is -0.386 e. The molecule has 0 spiro atoms. The summed E-state index contributed by atoms with van der Waals surface area (Å²) in [5.74, 6) is -1.28. The van der Waals surface area contributed by atoms with Crippen LogP contribution in [0.3, 0.4) is 0 Å². The van der Waals surface area contributed by atoms with Crippen molar-refractivity contribution >= 4 is 69.1 Å². The third-order valence-electron chi connectivity index (χ3n) is 7.61. The summed E-state index contributed by atoms with van der Waals surface area (Å²) in [6, 6.07) is 0. The van der Waals surface area contributed by atoms with Crippen LogP contribution in [0, 0.1) is 5.41 Å². The summed E-state index contributed by atoms with van der Waals surface area (Å²) in [6.07, 6.45) is -8.03. The second kappa shape index (κ2) is 20.4. The summed E-state index contributed by atoms with van der Waals surface area (Å²) in [5.41, 5.74) is 4.22. The van der Waals surface area contributed by atoms with Crippen LogP contribution < -0.4 is 16.4 Å². The molecule has 2 amide bonds. The quantitative estimate of drug-likeness (QED) is 0.0331. The smallest absolute Gasteiger partial charge is 0.386 e. The number of nitrogen functional groups attached to an aromatic ring is 1. The molecule has 0 saturated carbocycles. The topological polar surface area (TPSA) is 404 Å². The van der Waals surface area contributed by atoms with Crippen LogP contribution in [0.4, 0.5) is 5.82 Å². The van der Waals surface area contributed by atoms with Gasteiger partial charge in [0.15, 0.2) is 29.1 Å². The van der Waals surface area contributed by atoms with E-state index in [1.165, 1.54) is 13.8 Å². The Hall–Kier alpha value is -2.52. The molecule has 30 heteroatoms. The zero-order valence-electron chi connectivity index (χ0n) is 29.7. The van der Waals surface area contributed by atoms with Crippen molar-refractivity contribution in [3.63, 3.8) is 0 Å². The number of amides is 2. The Balaban J connectivity index is 1.47. The maximum absolute atomic E-state index is 12.7. The van der Waals surface area contributed by atoms with Crippen LogP contribution in [0.25, 0.3) is 11.2 Å². The fraction of sp³-hybridized carbons (Fsp3) is 0.692. The lowest BCUT2D eigenvalue weighted by atomic mass is 9.87. The van der Waals surface area contributed by atoms with Crippen molar-refractivity contribution in [3.8, 4) is 0 Å². The van der Waals surface area contributed by atoms with Crippen LogP contribution in [0.2, 0.25) is 0 Å². The van der Waals surface area contributed by atoms with E-state index in [2.05, 4.69) is 34.4 Å². The van der Waals surface area contributed by atoms with E-state index in [4.69, 9.17) is 29.7 Å². The molecule has 0 aromatic carbocycles. The van der Waals surface area contributed by atoms with Gasteiger partial charge in [-0.3, -0.25) is 32.5 Å². The first-order chi connectivity index (χ1) is 25.9. The fourth-order valence-corrected chi connectivity index (χ4v) is 8.35. The molecule has 7 atom stereocenters. The summed E-state index contributed by atoms with van der Waals surface area (Å²) in [5, 5.41) is 43.6. The molecule has 2 aromatic rings. The lowest BCUT2D eigenvalue weighted by Crippen LogP contribution is -2.46. The molecule has 1 fully saturated rings. The van der Waals surface area contributed by atoms with Crippen molar-refractivity contribution in [3.05, 3.63) is 12.7 Å². The van der Waals surface area contributed by atoms with E-state index in [1.807, 2.05) is 0 Å². The maximum atomic E-state index is 12.7. The summed E-state index contributed by atoms with van der Waals surface area (Å²) < 4.78 is 62.0. The first kappa shape index (κ1) is 47.9. The summed E-state index contributed by atoms with van der Waals surface area (Å²) in [6.45, 7) is 0.314. The average molecular weight is 884 g/mol. The van der Waals surface area contributed by atoms with E-state index in [-0.39, 0.29) is 60.2 Å². The number of hydrogen-bond acceptors (Lipinski definition) is 20. The minimum atomic E-state index is -5.58. The van der Waals surface area contributed by atoms with Gasteiger partial charge in [-0.15, -0.1) is 0 Å². The predicted octanol–water partition coefficient (Wildman–Crippen LogP) is -1.85. The Kier molecular flexibility index (Phi) is 17.5. The highest BCUT2D eigenvalue weighted by Gasteiger charge is 2.50. The highest BCUT2D eigenvalue weighted by molar-refractivity contribution is 8.13. The van der Waals surface area contributed by atoms with Crippen molar-refractivity contribution in [2.75, 3.05) is 37.8 Å². The number of ether oxygens (including phenoxy) is 1. The number of carbonyl (C=O) groups excluding carboxylic acids is 3. The second-order valence-corrected chi connectivity index (χ2v) is 18.1. The number of carbonyl (C=O) groups is 3. The number of thioether (sulfide) groups is 1. The Morgan fingerprint density at radius 2 is 1.70 bits per heavy atom. The second-order valence-electron chi connectivity index (χ2n) is 12.7. The molecule has 1 saturated heterocycles. The standard InChI is InChI=1S/C26H44N7O19P3S/c1-26(2,21(39)24(40)29-7-6-15(34)28-8-9-56-17(37)5-3-4-16(35)36)11-49-55(46,47)52-54(44,45)48-10-14-20(51-53(41,42)43)19(38)25(50-14)33-13-32-18-22(27)30-12-31-23(18)33/h12-14,16,19-21,25,35-36,38-39H,3-11H2,1-2H3,(H,28,34)(H,29,40)(H,44,45)(H,46,47)(H2,27,30,31)(H2,41,42,43)/t14-,19-,20-,21?,25-/m1/s1. The number of nitrogens with one attached hydrogen (secondary N) is 2. The summed E-state index contributed by atoms with van der Waals surface area (Å²) >= 11 is 0.959. The Morgan fingerprint density at radius 3 is 2.36 bits per heavy atom. The van der Waals surface area contributed by atoms with Gasteiger partial charge >= 0.3 is 23.5 Å². The number of aromatic nitrogens is 4. The van der Waals surface area contributed by atoms with Gasteiger partial charge in [0.25, 0.3) is 0 Å².